The summed E-state index contributed by atoms with van der Waals surface area (Å²) in [4.78, 5) is 13.0. The Morgan fingerprint density at radius 2 is 1.50 bits per heavy atom. The number of sulfonamides is 2. The van der Waals surface area contributed by atoms with Gasteiger partial charge in [0, 0.05) is 12.7 Å². The molecular formula is C24H27N3O5S2. The zero-order chi connectivity index (χ0) is 24.9. The number of hydrogen-bond donors (Lipinski definition) is 1. The average Bonchev–Trinajstić information content (AvgIpc) is 2.82. The van der Waals surface area contributed by atoms with Crippen LogP contribution in [0, 0.1) is 0 Å². The molecule has 0 aliphatic heterocycles. The first-order valence-electron chi connectivity index (χ1n) is 10.5. The van der Waals surface area contributed by atoms with Crippen molar-refractivity contribution in [3.8, 4) is 0 Å². The van der Waals surface area contributed by atoms with E-state index in [1.54, 1.807) is 48.5 Å². The molecule has 0 aliphatic rings. The van der Waals surface area contributed by atoms with Crippen LogP contribution >= 0.6 is 0 Å². The van der Waals surface area contributed by atoms with Crippen molar-refractivity contribution >= 4 is 43.0 Å². The van der Waals surface area contributed by atoms with Crippen molar-refractivity contribution in [2.45, 2.75) is 18.2 Å². The number of amides is 1. The molecule has 0 fully saturated rings. The predicted octanol–water partition coefficient (Wildman–Crippen LogP) is 3.48. The third-order valence-electron chi connectivity index (χ3n) is 5.24. The number of hydrogen-bond acceptors (Lipinski definition) is 5. The van der Waals surface area contributed by atoms with E-state index in [2.05, 4.69) is 5.32 Å². The third kappa shape index (κ3) is 5.95. The van der Waals surface area contributed by atoms with Gasteiger partial charge in [0.25, 0.3) is 10.0 Å². The van der Waals surface area contributed by atoms with Gasteiger partial charge in [0.05, 0.1) is 22.5 Å². The molecule has 0 spiro atoms. The van der Waals surface area contributed by atoms with Crippen LogP contribution in [0.25, 0.3) is 0 Å². The quantitative estimate of drug-likeness (QED) is 0.484. The molecular weight excluding hydrogens is 474 g/mol. The summed E-state index contributed by atoms with van der Waals surface area (Å²) in [5.41, 5.74) is 2.11. The van der Waals surface area contributed by atoms with Gasteiger partial charge in [0.2, 0.25) is 15.9 Å². The van der Waals surface area contributed by atoms with Crippen LogP contribution in [-0.4, -0.2) is 42.6 Å². The van der Waals surface area contributed by atoms with Crippen LogP contribution in [0.3, 0.4) is 0 Å². The van der Waals surface area contributed by atoms with E-state index in [0.717, 1.165) is 26.9 Å². The zero-order valence-electron chi connectivity index (χ0n) is 19.2. The normalized spacial score (nSPS) is 11.6. The molecule has 0 saturated carbocycles. The molecule has 0 heterocycles. The molecule has 180 valence electrons. The molecule has 0 aliphatic carbocycles. The van der Waals surface area contributed by atoms with E-state index in [1.807, 2.05) is 19.1 Å². The molecule has 3 aromatic rings. The van der Waals surface area contributed by atoms with Crippen molar-refractivity contribution in [1.82, 2.24) is 0 Å². The van der Waals surface area contributed by atoms with Crippen molar-refractivity contribution < 1.29 is 21.6 Å². The van der Waals surface area contributed by atoms with Crippen LogP contribution in [0.5, 0.6) is 0 Å². The Morgan fingerprint density at radius 1 is 0.853 bits per heavy atom. The Hall–Kier alpha value is -3.37. The summed E-state index contributed by atoms with van der Waals surface area (Å²) >= 11 is 0. The van der Waals surface area contributed by atoms with Crippen LogP contribution in [0.2, 0.25) is 0 Å². The second-order valence-corrected chi connectivity index (χ2v) is 11.5. The molecule has 0 aromatic heterocycles. The third-order valence-corrected chi connectivity index (χ3v) is 8.24. The molecule has 1 amide bonds. The topological polar surface area (TPSA) is 104 Å². The summed E-state index contributed by atoms with van der Waals surface area (Å²) in [5.74, 6) is -0.571. The predicted molar refractivity (Wildman–Crippen MR) is 135 cm³/mol. The first kappa shape index (κ1) is 25.3. The highest BCUT2D eigenvalue weighted by molar-refractivity contribution is 7.93. The van der Waals surface area contributed by atoms with Crippen LogP contribution in [0.1, 0.15) is 12.5 Å². The van der Waals surface area contributed by atoms with E-state index in [-0.39, 0.29) is 4.90 Å². The number of nitrogens with one attached hydrogen (secondary N) is 1. The second kappa shape index (κ2) is 10.3. The molecule has 0 bridgehead atoms. The van der Waals surface area contributed by atoms with E-state index in [9.17, 15) is 21.6 Å². The molecule has 1 N–H and O–H groups in total. The van der Waals surface area contributed by atoms with E-state index >= 15 is 0 Å². The van der Waals surface area contributed by atoms with Gasteiger partial charge in [-0.2, -0.15) is 0 Å². The minimum Gasteiger partial charge on any atom is -0.324 e. The van der Waals surface area contributed by atoms with Crippen molar-refractivity contribution in [3.63, 3.8) is 0 Å². The highest BCUT2D eigenvalue weighted by Crippen LogP contribution is 2.25. The maximum atomic E-state index is 13.4. The van der Waals surface area contributed by atoms with E-state index in [1.165, 1.54) is 25.2 Å². The van der Waals surface area contributed by atoms with Crippen LogP contribution in [0.15, 0.2) is 83.8 Å². The number of nitrogens with zero attached hydrogens (tertiary/aromatic N) is 2. The summed E-state index contributed by atoms with van der Waals surface area (Å²) in [5, 5.41) is 2.67. The molecule has 0 saturated heterocycles. The summed E-state index contributed by atoms with van der Waals surface area (Å²) in [7, 11) is -6.09. The van der Waals surface area contributed by atoms with Gasteiger partial charge in [-0.05, 0) is 54.4 Å². The fraction of sp³-hybridized carbons (Fsp3) is 0.208. The molecule has 0 radical (unpaired) electrons. The lowest BCUT2D eigenvalue weighted by Crippen LogP contribution is -2.38. The summed E-state index contributed by atoms with van der Waals surface area (Å²) in [6.45, 7) is 1.53. The maximum absolute atomic E-state index is 13.4. The van der Waals surface area contributed by atoms with Crippen LogP contribution in [-0.2, 0) is 31.3 Å². The molecule has 0 unspecified atom stereocenters. The second-order valence-electron chi connectivity index (χ2n) is 7.67. The summed E-state index contributed by atoms with van der Waals surface area (Å²) in [6.07, 6.45) is 1.87. The van der Waals surface area contributed by atoms with Gasteiger partial charge in [0.15, 0.2) is 0 Å². The summed E-state index contributed by atoms with van der Waals surface area (Å²) in [6, 6.07) is 21.2. The number of benzene rings is 3. The number of anilines is 3. The smallest absolute Gasteiger partial charge is 0.264 e. The van der Waals surface area contributed by atoms with Gasteiger partial charge >= 0.3 is 0 Å². The Kier molecular flexibility index (Phi) is 7.63. The van der Waals surface area contributed by atoms with Gasteiger partial charge in [-0.25, -0.2) is 16.8 Å². The molecule has 8 nitrogen and oxygen atoms in total. The number of carbonyl (C=O) groups is 1. The Labute approximate surface area is 200 Å². The van der Waals surface area contributed by atoms with Crippen molar-refractivity contribution in [1.29, 1.82) is 0 Å². The Balaban J connectivity index is 1.90. The number of carbonyl (C=O) groups excluding carboxylic acids is 1. The highest BCUT2D eigenvalue weighted by atomic mass is 32.2. The van der Waals surface area contributed by atoms with Crippen molar-refractivity contribution in [3.05, 3.63) is 84.4 Å². The molecule has 3 aromatic carbocycles. The van der Waals surface area contributed by atoms with Gasteiger partial charge in [-0.15, -0.1) is 0 Å². The first-order valence-corrected chi connectivity index (χ1v) is 13.8. The molecule has 34 heavy (non-hydrogen) atoms. The summed E-state index contributed by atoms with van der Waals surface area (Å²) < 4.78 is 52.6. The molecule has 10 heteroatoms. The fourth-order valence-corrected chi connectivity index (χ4v) is 5.17. The van der Waals surface area contributed by atoms with Gasteiger partial charge in [-0.1, -0.05) is 43.3 Å². The largest absolute Gasteiger partial charge is 0.324 e. The zero-order valence-corrected chi connectivity index (χ0v) is 20.8. The van der Waals surface area contributed by atoms with Gasteiger partial charge in [0.1, 0.15) is 6.54 Å². The minimum absolute atomic E-state index is 0.0687. The van der Waals surface area contributed by atoms with E-state index < -0.39 is 32.5 Å². The molecule has 3 rings (SSSR count). The van der Waals surface area contributed by atoms with E-state index in [0.29, 0.717) is 17.1 Å². The first-order chi connectivity index (χ1) is 16.0. The van der Waals surface area contributed by atoms with E-state index in [4.69, 9.17) is 0 Å². The van der Waals surface area contributed by atoms with Crippen LogP contribution < -0.4 is 13.9 Å². The molecule has 0 atom stereocenters. The van der Waals surface area contributed by atoms with Crippen molar-refractivity contribution in [2.24, 2.45) is 0 Å². The number of rotatable bonds is 9. The van der Waals surface area contributed by atoms with Gasteiger partial charge in [-0.3, -0.25) is 13.4 Å². The maximum Gasteiger partial charge on any atom is 0.264 e. The van der Waals surface area contributed by atoms with Crippen LogP contribution in [0.4, 0.5) is 17.1 Å². The highest BCUT2D eigenvalue weighted by Gasteiger charge is 2.27. The minimum atomic E-state index is -4.02. The van der Waals surface area contributed by atoms with Crippen molar-refractivity contribution in [2.75, 3.05) is 33.8 Å². The average molecular weight is 502 g/mol. The monoisotopic (exact) mass is 501 g/mol. The standard InChI is InChI=1S/C24H27N3O5S2/c1-4-19-13-15-21(16-14-19)27(34(31,32)23-11-6-5-7-12-23)18-24(28)25-20-9-8-10-22(17-20)26(2)33(3,29)30/h5-17H,4,18H2,1-3H3,(H,25,28). The lowest BCUT2D eigenvalue weighted by molar-refractivity contribution is -0.114. The lowest BCUT2D eigenvalue weighted by Gasteiger charge is -2.24. The lowest BCUT2D eigenvalue weighted by atomic mass is 10.1. The Morgan fingerprint density at radius 3 is 2.09 bits per heavy atom. The number of aryl methyl sites for hydroxylation is 1. The van der Waals surface area contributed by atoms with Gasteiger partial charge < -0.3 is 5.32 Å². The SMILES string of the molecule is CCc1ccc(N(CC(=O)Nc2cccc(N(C)S(C)(=O)=O)c2)S(=O)(=O)c2ccccc2)cc1. The fourth-order valence-electron chi connectivity index (χ4n) is 3.23. The Bertz CT molecular complexity index is 1360.